The quantitative estimate of drug-likeness (QED) is 0.559. The minimum atomic E-state index is 0.464. The number of aryl methyl sites for hydroxylation is 1. The van der Waals surface area contributed by atoms with E-state index in [1.807, 2.05) is 6.92 Å². The van der Waals surface area contributed by atoms with Crippen LogP contribution >= 0.6 is 0 Å². The van der Waals surface area contributed by atoms with E-state index in [1.54, 1.807) is 6.20 Å². The van der Waals surface area contributed by atoms with Crippen molar-refractivity contribution in [1.29, 1.82) is 0 Å². The number of nitrogens with one attached hydrogen (secondary N) is 2. The van der Waals surface area contributed by atoms with E-state index in [2.05, 4.69) is 25.6 Å². The smallest absolute Gasteiger partial charge is 0.239 e. The predicted octanol–water partition coefficient (Wildman–Crippen LogP) is 1.11. The highest BCUT2D eigenvalue weighted by Gasteiger charge is 2.31. The zero-order valence-corrected chi connectivity index (χ0v) is 11.4. The summed E-state index contributed by atoms with van der Waals surface area (Å²) in [6.45, 7) is 4.51. The molecule has 3 rings (SSSR count). The Morgan fingerprint density at radius 3 is 3.11 bits per heavy atom. The van der Waals surface area contributed by atoms with Crippen molar-refractivity contribution in [3.8, 4) is 0 Å². The number of anilines is 2. The number of fused-ring (bicyclic) bond motifs is 1. The molecular weight excluding hydrogens is 240 g/mol. The van der Waals surface area contributed by atoms with Crippen LogP contribution < -0.4 is 16.6 Å². The lowest BCUT2D eigenvalue weighted by Crippen LogP contribution is -2.43. The first-order valence-electron chi connectivity index (χ1n) is 7.07. The summed E-state index contributed by atoms with van der Waals surface area (Å²) in [6, 6.07) is 1.28. The molecule has 3 heterocycles. The van der Waals surface area contributed by atoms with Crippen LogP contribution in [-0.4, -0.2) is 40.0 Å². The number of nitrogens with zero attached hydrogens (tertiary/aromatic N) is 3. The third kappa shape index (κ3) is 2.64. The normalized spacial score (nSPS) is 27.1. The number of hydrogen-bond donors (Lipinski definition) is 3. The van der Waals surface area contributed by atoms with E-state index < -0.39 is 0 Å². The molecule has 19 heavy (non-hydrogen) atoms. The van der Waals surface area contributed by atoms with Gasteiger partial charge < -0.3 is 10.2 Å². The lowest BCUT2D eigenvalue weighted by atomic mass is 9.97. The van der Waals surface area contributed by atoms with E-state index in [4.69, 9.17) is 5.84 Å². The van der Waals surface area contributed by atoms with Crippen LogP contribution in [0.3, 0.4) is 0 Å². The van der Waals surface area contributed by atoms with Crippen molar-refractivity contribution in [3.63, 3.8) is 0 Å². The number of piperidine rings is 1. The second-order valence-corrected chi connectivity index (χ2v) is 5.57. The average molecular weight is 262 g/mol. The maximum absolute atomic E-state index is 5.36. The Hall–Kier alpha value is -1.40. The lowest BCUT2D eigenvalue weighted by Gasteiger charge is -2.35. The van der Waals surface area contributed by atoms with Gasteiger partial charge in [0, 0.05) is 30.4 Å². The first-order chi connectivity index (χ1) is 9.26. The minimum Gasteiger partial charge on any atom is -0.367 e. The molecule has 4 N–H and O–H groups in total. The Balaban J connectivity index is 1.68. The highest BCUT2D eigenvalue weighted by atomic mass is 15.3. The second-order valence-electron chi connectivity index (χ2n) is 5.57. The van der Waals surface area contributed by atoms with Crippen molar-refractivity contribution >= 4 is 11.8 Å². The van der Waals surface area contributed by atoms with Crippen molar-refractivity contribution in [2.75, 3.05) is 23.8 Å². The summed E-state index contributed by atoms with van der Waals surface area (Å²) in [5.41, 5.74) is 3.56. The lowest BCUT2D eigenvalue weighted by molar-refractivity contribution is 0.188. The van der Waals surface area contributed by atoms with Crippen LogP contribution in [0.5, 0.6) is 0 Å². The van der Waals surface area contributed by atoms with Crippen LogP contribution in [-0.2, 0) is 0 Å². The zero-order chi connectivity index (χ0) is 13.2. The Bertz CT molecular complexity index is 449. The van der Waals surface area contributed by atoms with Gasteiger partial charge in [0.15, 0.2) is 0 Å². The molecule has 0 aliphatic carbocycles. The van der Waals surface area contributed by atoms with E-state index in [-0.39, 0.29) is 0 Å². The van der Waals surface area contributed by atoms with Gasteiger partial charge in [-0.2, -0.15) is 4.98 Å². The molecule has 0 saturated carbocycles. The van der Waals surface area contributed by atoms with Gasteiger partial charge in [-0.3, -0.25) is 5.43 Å². The largest absolute Gasteiger partial charge is 0.367 e. The molecule has 2 aliphatic heterocycles. The predicted molar refractivity (Wildman–Crippen MR) is 75.8 cm³/mol. The molecule has 2 saturated heterocycles. The standard InChI is InChI=1S/C13H22N6/c1-9-8-15-13(18-14)17-12(9)16-10-4-6-19-5-2-3-11(19)7-10/h8,10-11H,2-7,14H2,1H3,(H2,15,16,17,18). The van der Waals surface area contributed by atoms with Gasteiger partial charge in [0.2, 0.25) is 5.95 Å². The summed E-state index contributed by atoms with van der Waals surface area (Å²) in [4.78, 5) is 11.1. The van der Waals surface area contributed by atoms with Crippen LogP contribution in [0.25, 0.3) is 0 Å². The minimum absolute atomic E-state index is 0.464. The highest BCUT2D eigenvalue weighted by Crippen LogP contribution is 2.28. The molecule has 0 aromatic carbocycles. The van der Waals surface area contributed by atoms with E-state index in [9.17, 15) is 0 Å². The van der Waals surface area contributed by atoms with Crippen LogP contribution in [0, 0.1) is 6.92 Å². The Labute approximate surface area is 113 Å². The van der Waals surface area contributed by atoms with Gasteiger partial charge in [-0.05, 0) is 39.2 Å². The molecule has 2 unspecified atom stereocenters. The van der Waals surface area contributed by atoms with Crippen LogP contribution in [0.2, 0.25) is 0 Å². The first kappa shape index (κ1) is 12.6. The molecule has 2 aliphatic rings. The van der Waals surface area contributed by atoms with Crippen molar-refractivity contribution in [3.05, 3.63) is 11.8 Å². The fourth-order valence-corrected chi connectivity index (χ4v) is 3.21. The van der Waals surface area contributed by atoms with Gasteiger partial charge in [0.05, 0.1) is 0 Å². The fourth-order valence-electron chi connectivity index (χ4n) is 3.21. The molecular formula is C13H22N6. The fraction of sp³-hybridized carbons (Fsp3) is 0.692. The molecule has 2 fully saturated rings. The Kier molecular flexibility index (Phi) is 3.52. The SMILES string of the molecule is Cc1cnc(NN)nc1NC1CCN2CCCC2C1. The van der Waals surface area contributed by atoms with Gasteiger partial charge in [-0.25, -0.2) is 10.8 Å². The molecule has 1 aromatic rings. The summed E-state index contributed by atoms with van der Waals surface area (Å²) in [6.07, 6.45) is 6.90. The molecule has 2 atom stereocenters. The Morgan fingerprint density at radius 2 is 2.26 bits per heavy atom. The van der Waals surface area contributed by atoms with Gasteiger partial charge in [0.1, 0.15) is 5.82 Å². The third-order valence-electron chi connectivity index (χ3n) is 4.26. The summed E-state index contributed by atoms with van der Waals surface area (Å²) >= 11 is 0. The van der Waals surface area contributed by atoms with Gasteiger partial charge in [0.25, 0.3) is 0 Å². The van der Waals surface area contributed by atoms with Gasteiger partial charge in [-0.1, -0.05) is 0 Å². The Morgan fingerprint density at radius 1 is 1.37 bits per heavy atom. The van der Waals surface area contributed by atoms with Crippen LogP contribution in [0.1, 0.15) is 31.2 Å². The molecule has 104 valence electrons. The van der Waals surface area contributed by atoms with Crippen molar-refractivity contribution in [1.82, 2.24) is 14.9 Å². The average Bonchev–Trinajstić information content (AvgIpc) is 2.89. The third-order valence-corrected chi connectivity index (χ3v) is 4.26. The number of nitrogen functional groups attached to an aromatic ring is 1. The van der Waals surface area contributed by atoms with Crippen LogP contribution in [0.4, 0.5) is 11.8 Å². The summed E-state index contributed by atoms with van der Waals surface area (Å²) in [5.74, 6) is 6.73. The maximum Gasteiger partial charge on any atom is 0.239 e. The number of rotatable bonds is 3. The van der Waals surface area contributed by atoms with E-state index in [1.165, 1.54) is 38.8 Å². The molecule has 0 amide bonds. The van der Waals surface area contributed by atoms with Crippen molar-refractivity contribution in [2.24, 2.45) is 5.84 Å². The molecule has 0 bridgehead atoms. The summed E-state index contributed by atoms with van der Waals surface area (Å²) in [5, 5.41) is 3.56. The number of aromatic nitrogens is 2. The van der Waals surface area contributed by atoms with Crippen molar-refractivity contribution in [2.45, 2.75) is 44.7 Å². The first-order valence-corrected chi connectivity index (χ1v) is 7.07. The summed E-state index contributed by atoms with van der Waals surface area (Å²) < 4.78 is 0. The molecule has 0 radical (unpaired) electrons. The van der Waals surface area contributed by atoms with E-state index in [0.29, 0.717) is 12.0 Å². The molecule has 1 aromatic heterocycles. The maximum atomic E-state index is 5.36. The van der Waals surface area contributed by atoms with Crippen LogP contribution in [0.15, 0.2) is 6.20 Å². The second kappa shape index (κ2) is 5.30. The zero-order valence-electron chi connectivity index (χ0n) is 11.4. The topological polar surface area (TPSA) is 79.1 Å². The van der Waals surface area contributed by atoms with Gasteiger partial charge in [-0.15, -0.1) is 0 Å². The van der Waals surface area contributed by atoms with Crippen molar-refractivity contribution < 1.29 is 0 Å². The number of nitrogens with two attached hydrogens (primary N) is 1. The highest BCUT2D eigenvalue weighted by molar-refractivity contribution is 5.46. The van der Waals surface area contributed by atoms with E-state index in [0.717, 1.165) is 17.4 Å². The molecule has 0 spiro atoms. The molecule has 6 heteroatoms. The monoisotopic (exact) mass is 262 g/mol. The number of hydrogen-bond acceptors (Lipinski definition) is 6. The van der Waals surface area contributed by atoms with E-state index >= 15 is 0 Å². The summed E-state index contributed by atoms with van der Waals surface area (Å²) in [7, 11) is 0. The van der Waals surface area contributed by atoms with Gasteiger partial charge >= 0.3 is 0 Å². The molecule has 6 nitrogen and oxygen atoms in total. The number of hydrazine groups is 1.